The number of hydrogen-bond acceptors (Lipinski definition) is 3. The summed E-state index contributed by atoms with van der Waals surface area (Å²) in [5, 5.41) is 6.39. The van der Waals surface area contributed by atoms with Crippen molar-refractivity contribution in [1.82, 2.24) is 10.3 Å². The molecule has 1 aromatic heterocycles. The van der Waals surface area contributed by atoms with Crippen molar-refractivity contribution in [1.29, 1.82) is 0 Å². The number of nitrogens with one attached hydrogen (secondary N) is 2. The summed E-state index contributed by atoms with van der Waals surface area (Å²) in [4.78, 5) is 16.5. The number of carbonyl (C=O) groups is 1. The molecule has 0 saturated heterocycles. The number of pyridine rings is 1. The lowest BCUT2D eigenvalue weighted by Gasteiger charge is -2.22. The Morgan fingerprint density at radius 2 is 1.91 bits per heavy atom. The quantitative estimate of drug-likeness (QED) is 0.890. The van der Waals surface area contributed by atoms with Gasteiger partial charge in [0.2, 0.25) is 0 Å². The minimum absolute atomic E-state index is 0.0704. The largest absolute Gasteiger partial charge is 0.354 e. The van der Waals surface area contributed by atoms with Crippen LogP contribution in [-0.4, -0.2) is 16.9 Å². The zero-order valence-corrected chi connectivity index (χ0v) is 13.5. The summed E-state index contributed by atoms with van der Waals surface area (Å²) in [5.41, 5.74) is 3.58. The highest BCUT2D eigenvalue weighted by atomic mass is 16.1. The SMILES string of the molecule is Cc1cccc(Nc2ccc(C(=O)NC3CCCCC3)nc2)c1. The average molecular weight is 309 g/mol. The van der Waals surface area contributed by atoms with Crippen molar-refractivity contribution < 1.29 is 4.79 Å². The normalized spacial score (nSPS) is 15.2. The maximum absolute atomic E-state index is 12.2. The van der Waals surface area contributed by atoms with Crippen molar-refractivity contribution in [2.45, 2.75) is 45.1 Å². The molecule has 0 spiro atoms. The molecule has 2 aromatic rings. The number of aromatic nitrogens is 1. The number of benzene rings is 1. The second-order valence-corrected chi connectivity index (χ2v) is 6.23. The van der Waals surface area contributed by atoms with Crippen LogP contribution in [-0.2, 0) is 0 Å². The fourth-order valence-corrected chi connectivity index (χ4v) is 3.00. The lowest BCUT2D eigenvalue weighted by Crippen LogP contribution is -2.36. The zero-order chi connectivity index (χ0) is 16.1. The van der Waals surface area contributed by atoms with Gasteiger partial charge in [0, 0.05) is 11.7 Å². The highest BCUT2D eigenvalue weighted by Crippen LogP contribution is 2.19. The Bertz CT molecular complexity index is 661. The van der Waals surface area contributed by atoms with Crippen LogP contribution in [0.4, 0.5) is 11.4 Å². The van der Waals surface area contributed by atoms with Crippen LogP contribution in [0.3, 0.4) is 0 Å². The van der Waals surface area contributed by atoms with Crippen molar-refractivity contribution in [3.05, 3.63) is 53.9 Å². The van der Waals surface area contributed by atoms with E-state index in [2.05, 4.69) is 34.7 Å². The fraction of sp³-hybridized carbons (Fsp3) is 0.368. The zero-order valence-electron chi connectivity index (χ0n) is 13.5. The topological polar surface area (TPSA) is 54.0 Å². The van der Waals surface area contributed by atoms with Crippen LogP contribution in [0.1, 0.15) is 48.2 Å². The van der Waals surface area contributed by atoms with E-state index in [-0.39, 0.29) is 5.91 Å². The van der Waals surface area contributed by atoms with Gasteiger partial charge in [0.15, 0.2) is 0 Å². The monoisotopic (exact) mass is 309 g/mol. The molecule has 4 heteroatoms. The van der Waals surface area contributed by atoms with Crippen LogP contribution in [0, 0.1) is 6.92 Å². The van der Waals surface area contributed by atoms with Gasteiger partial charge in [-0.25, -0.2) is 4.98 Å². The first kappa shape index (κ1) is 15.5. The van der Waals surface area contributed by atoms with Crippen LogP contribution in [0.2, 0.25) is 0 Å². The summed E-state index contributed by atoms with van der Waals surface area (Å²) in [7, 11) is 0. The Kier molecular flexibility index (Phi) is 4.91. The van der Waals surface area contributed by atoms with Crippen LogP contribution in [0.25, 0.3) is 0 Å². The van der Waals surface area contributed by atoms with Crippen molar-refractivity contribution >= 4 is 17.3 Å². The molecule has 3 rings (SSSR count). The number of aryl methyl sites for hydroxylation is 1. The van der Waals surface area contributed by atoms with Gasteiger partial charge in [-0.2, -0.15) is 0 Å². The minimum Gasteiger partial charge on any atom is -0.354 e. The first-order valence-electron chi connectivity index (χ1n) is 8.31. The predicted octanol–water partition coefficient (Wildman–Crippen LogP) is 4.20. The van der Waals surface area contributed by atoms with Crippen molar-refractivity contribution in [2.24, 2.45) is 0 Å². The highest BCUT2D eigenvalue weighted by molar-refractivity contribution is 5.92. The number of anilines is 2. The highest BCUT2D eigenvalue weighted by Gasteiger charge is 2.17. The summed E-state index contributed by atoms with van der Waals surface area (Å²) in [6, 6.07) is 12.1. The molecule has 0 bridgehead atoms. The molecule has 1 heterocycles. The molecule has 0 atom stereocenters. The van der Waals surface area contributed by atoms with E-state index >= 15 is 0 Å². The Balaban J connectivity index is 1.61. The third-order valence-electron chi connectivity index (χ3n) is 4.24. The molecule has 1 aromatic carbocycles. The van der Waals surface area contributed by atoms with E-state index in [0.717, 1.165) is 24.2 Å². The summed E-state index contributed by atoms with van der Waals surface area (Å²) >= 11 is 0. The van der Waals surface area contributed by atoms with E-state index in [1.54, 1.807) is 12.3 Å². The maximum atomic E-state index is 12.2. The second-order valence-electron chi connectivity index (χ2n) is 6.23. The molecule has 1 fully saturated rings. The van der Waals surface area contributed by atoms with E-state index in [4.69, 9.17) is 0 Å². The third kappa shape index (κ3) is 4.31. The lowest BCUT2D eigenvalue weighted by atomic mass is 9.95. The number of hydrogen-bond donors (Lipinski definition) is 2. The van der Waals surface area contributed by atoms with Gasteiger partial charge in [0.05, 0.1) is 11.9 Å². The van der Waals surface area contributed by atoms with Gasteiger partial charge < -0.3 is 10.6 Å². The molecule has 23 heavy (non-hydrogen) atoms. The number of nitrogens with zero attached hydrogens (tertiary/aromatic N) is 1. The van der Waals surface area contributed by atoms with E-state index in [1.165, 1.54) is 24.8 Å². The molecule has 1 saturated carbocycles. The molecule has 0 radical (unpaired) electrons. The molecule has 0 unspecified atom stereocenters. The molecule has 4 nitrogen and oxygen atoms in total. The number of rotatable bonds is 4. The summed E-state index contributed by atoms with van der Waals surface area (Å²) in [6.07, 6.45) is 7.56. The maximum Gasteiger partial charge on any atom is 0.270 e. The second kappa shape index (κ2) is 7.27. The molecular weight excluding hydrogens is 286 g/mol. The molecule has 1 aliphatic rings. The minimum atomic E-state index is -0.0704. The molecular formula is C19H23N3O. The number of amides is 1. The first-order chi connectivity index (χ1) is 11.2. The number of carbonyl (C=O) groups excluding carboxylic acids is 1. The van der Waals surface area contributed by atoms with Crippen LogP contribution < -0.4 is 10.6 Å². The van der Waals surface area contributed by atoms with Gasteiger partial charge in [-0.05, 0) is 49.6 Å². The van der Waals surface area contributed by atoms with Gasteiger partial charge in [-0.15, -0.1) is 0 Å². The third-order valence-corrected chi connectivity index (χ3v) is 4.24. The van der Waals surface area contributed by atoms with E-state index in [0.29, 0.717) is 11.7 Å². The summed E-state index contributed by atoms with van der Waals surface area (Å²) in [5.74, 6) is -0.0704. The van der Waals surface area contributed by atoms with Gasteiger partial charge >= 0.3 is 0 Å². The van der Waals surface area contributed by atoms with Gasteiger partial charge in [-0.1, -0.05) is 31.4 Å². The first-order valence-corrected chi connectivity index (χ1v) is 8.31. The Morgan fingerprint density at radius 3 is 2.61 bits per heavy atom. The molecule has 2 N–H and O–H groups in total. The Labute approximate surface area is 137 Å². The van der Waals surface area contributed by atoms with Crippen molar-refractivity contribution in [3.8, 4) is 0 Å². The lowest BCUT2D eigenvalue weighted by molar-refractivity contribution is 0.0922. The molecule has 1 aliphatic carbocycles. The Hall–Kier alpha value is -2.36. The summed E-state index contributed by atoms with van der Waals surface area (Å²) in [6.45, 7) is 2.06. The molecule has 0 aliphatic heterocycles. The van der Waals surface area contributed by atoms with Gasteiger partial charge in [-0.3, -0.25) is 4.79 Å². The van der Waals surface area contributed by atoms with Crippen LogP contribution in [0.5, 0.6) is 0 Å². The van der Waals surface area contributed by atoms with Gasteiger partial charge in [0.25, 0.3) is 5.91 Å². The Morgan fingerprint density at radius 1 is 1.09 bits per heavy atom. The standard InChI is InChI=1S/C19H23N3O/c1-14-6-5-9-16(12-14)21-17-10-11-18(20-13-17)19(23)22-15-7-3-2-4-8-15/h5-6,9-13,15,21H,2-4,7-8H2,1H3,(H,22,23). The van der Waals surface area contributed by atoms with E-state index in [9.17, 15) is 4.79 Å². The smallest absolute Gasteiger partial charge is 0.270 e. The van der Waals surface area contributed by atoms with E-state index in [1.807, 2.05) is 18.2 Å². The van der Waals surface area contributed by atoms with Crippen molar-refractivity contribution in [2.75, 3.05) is 5.32 Å². The van der Waals surface area contributed by atoms with E-state index < -0.39 is 0 Å². The van der Waals surface area contributed by atoms with Crippen molar-refractivity contribution in [3.63, 3.8) is 0 Å². The fourth-order valence-electron chi connectivity index (χ4n) is 3.00. The summed E-state index contributed by atoms with van der Waals surface area (Å²) < 4.78 is 0. The van der Waals surface area contributed by atoms with Crippen LogP contribution in [0.15, 0.2) is 42.6 Å². The van der Waals surface area contributed by atoms with Gasteiger partial charge in [0.1, 0.15) is 5.69 Å². The molecule has 1 amide bonds. The average Bonchev–Trinajstić information content (AvgIpc) is 2.56. The van der Waals surface area contributed by atoms with Crippen LogP contribution >= 0.6 is 0 Å². The molecule has 120 valence electrons. The predicted molar refractivity (Wildman–Crippen MR) is 93.0 cm³/mol.